The number of nitrogens with zero attached hydrogens (tertiary/aromatic N) is 3. The molecule has 3 rings (SSSR count). The van der Waals surface area contributed by atoms with Crippen molar-refractivity contribution in [1.29, 1.82) is 0 Å². The zero-order chi connectivity index (χ0) is 17.5. The van der Waals surface area contributed by atoms with E-state index >= 15 is 0 Å². The molecular weight excluding hydrogens is 359 g/mol. The summed E-state index contributed by atoms with van der Waals surface area (Å²) in [5.74, 6) is 2.19. The van der Waals surface area contributed by atoms with Gasteiger partial charge in [-0.15, -0.1) is 12.4 Å². The Morgan fingerprint density at radius 2 is 1.96 bits per heavy atom. The van der Waals surface area contributed by atoms with E-state index < -0.39 is 0 Å². The third-order valence-electron chi connectivity index (χ3n) is 3.93. The summed E-state index contributed by atoms with van der Waals surface area (Å²) in [6, 6.07) is 9.30. The monoisotopic (exact) mass is 380 g/mol. The van der Waals surface area contributed by atoms with E-state index in [2.05, 4.69) is 14.9 Å². The van der Waals surface area contributed by atoms with Gasteiger partial charge in [-0.1, -0.05) is 0 Å². The molecule has 1 saturated heterocycles. The Morgan fingerprint density at radius 1 is 1.23 bits per heavy atom. The number of ether oxygens (including phenoxy) is 2. The lowest BCUT2D eigenvalue weighted by molar-refractivity contribution is 0.122. The van der Waals surface area contributed by atoms with Gasteiger partial charge in [0.1, 0.15) is 18.2 Å². The van der Waals surface area contributed by atoms with Crippen molar-refractivity contribution < 1.29 is 13.9 Å². The highest BCUT2D eigenvalue weighted by Gasteiger charge is 2.13. The van der Waals surface area contributed by atoms with Gasteiger partial charge < -0.3 is 20.1 Å². The molecule has 0 aliphatic carbocycles. The summed E-state index contributed by atoms with van der Waals surface area (Å²) in [7, 11) is 0. The number of anilines is 1. The van der Waals surface area contributed by atoms with Crippen molar-refractivity contribution in [3.8, 4) is 17.1 Å². The smallest absolute Gasteiger partial charge is 0.161 e. The molecule has 6 nitrogen and oxygen atoms in total. The second kappa shape index (κ2) is 10.1. The molecule has 8 heteroatoms. The van der Waals surface area contributed by atoms with E-state index in [0.717, 1.165) is 24.5 Å². The molecule has 0 bridgehead atoms. The fraction of sp³-hybridized carbons (Fsp3) is 0.333. The Hall–Kier alpha value is -2.22. The molecular formula is C18H22ClFN4O2. The van der Waals surface area contributed by atoms with Gasteiger partial charge in [-0.2, -0.15) is 0 Å². The predicted octanol–water partition coefficient (Wildman–Crippen LogP) is 2.59. The Labute approximate surface area is 158 Å². The molecule has 26 heavy (non-hydrogen) atoms. The molecule has 140 valence electrons. The van der Waals surface area contributed by atoms with Gasteiger partial charge in [0.25, 0.3) is 0 Å². The number of halogens is 2. The molecule has 0 saturated carbocycles. The topological polar surface area (TPSA) is 73.5 Å². The van der Waals surface area contributed by atoms with Crippen LogP contribution in [0.5, 0.6) is 5.75 Å². The Bertz CT molecular complexity index is 721. The van der Waals surface area contributed by atoms with Crippen LogP contribution in [0.25, 0.3) is 11.4 Å². The summed E-state index contributed by atoms with van der Waals surface area (Å²) in [6.07, 6.45) is 2.25. The number of rotatable bonds is 6. The van der Waals surface area contributed by atoms with Crippen molar-refractivity contribution >= 4 is 18.2 Å². The molecule has 2 N–H and O–H groups in total. The molecule has 0 spiro atoms. The van der Waals surface area contributed by atoms with Gasteiger partial charge in [0.15, 0.2) is 5.82 Å². The van der Waals surface area contributed by atoms with Crippen molar-refractivity contribution in [3.05, 3.63) is 48.4 Å². The van der Waals surface area contributed by atoms with E-state index in [1.807, 2.05) is 30.3 Å². The number of aromatic nitrogens is 2. The first kappa shape index (κ1) is 20.1. The summed E-state index contributed by atoms with van der Waals surface area (Å²) in [6.45, 7) is 3.35. The average Bonchev–Trinajstić information content (AvgIpc) is 2.70. The van der Waals surface area contributed by atoms with Crippen LogP contribution in [0, 0.1) is 0 Å². The Kier molecular flexibility index (Phi) is 7.77. The Balaban J connectivity index is 0.00000243. The summed E-state index contributed by atoms with van der Waals surface area (Å²) < 4.78 is 23.4. The summed E-state index contributed by atoms with van der Waals surface area (Å²) in [5.41, 5.74) is 6.71. The molecule has 1 aliphatic heterocycles. The van der Waals surface area contributed by atoms with Gasteiger partial charge in [-0.05, 0) is 30.3 Å². The van der Waals surface area contributed by atoms with Crippen LogP contribution >= 0.6 is 12.4 Å². The maximum Gasteiger partial charge on any atom is 0.161 e. The van der Waals surface area contributed by atoms with Crippen molar-refractivity contribution in [2.45, 2.75) is 0 Å². The van der Waals surface area contributed by atoms with Gasteiger partial charge in [0.05, 0.1) is 19.5 Å². The molecule has 2 heterocycles. The number of hydrogen-bond donors (Lipinski definition) is 1. The number of nitrogens with two attached hydrogens (primary N) is 1. The third-order valence-corrected chi connectivity index (χ3v) is 3.93. The minimum Gasteiger partial charge on any atom is -0.489 e. The van der Waals surface area contributed by atoms with Crippen LogP contribution in [0.15, 0.2) is 48.4 Å². The van der Waals surface area contributed by atoms with Crippen LogP contribution in [-0.2, 0) is 4.74 Å². The van der Waals surface area contributed by atoms with Crippen LogP contribution in [0.2, 0.25) is 0 Å². The van der Waals surface area contributed by atoms with Crippen LogP contribution in [0.3, 0.4) is 0 Å². The molecule has 0 atom stereocenters. The second-order valence-electron chi connectivity index (χ2n) is 5.62. The minimum atomic E-state index is 0. The van der Waals surface area contributed by atoms with Crippen LogP contribution in [0.4, 0.5) is 10.2 Å². The lowest BCUT2D eigenvalue weighted by Gasteiger charge is -2.27. The van der Waals surface area contributed by atoms with E-state index in [0.29, 0.717) is 36.7 Å². The third kappa shape index (κ3) is 5.14. The van der Waals surface area contributed by atoms with Crippen molar-refractivity contribution in [1.82, 2.24) is 9.97 Å². The van der Waals surface area contributed by atoms with Gasteiger partial charge in [-0.25, -0.2) is 14.4 Å². The molecule has 2 aromatic rings. The van der Waals surface area contributed by atoms with E-state index in [4.69, 9.17) is 15.2 Å². The van der Waals surface area contributed by atoms with Crippen molar-refractivity contribution in [3.63, 3.8) is 0 Å². The Morgan fingerprint density at radius 3 is 2.62 bits per heavy atom. The van der Waals surface area contributed by atoms with E-state index in [1.165, 1.54) is 0 Å². The highest BCUT2D eigenvalue weighted by Crippen LogP contribution is 2.22. The summed E-state index contributed by atoms with van der Waals surface area (Å²) in [4.78, 5) is 11.2. The van der Waals surface area contributed by atoms with Crippen LogP contribution in [0.1, 0.15) is 0 Å². The van der Waals surface area contributed by atoms with Crippen LogP contribution < -0.4 is 15.4 Å². The molecule has 1 aromatic heterocycles. The fourth-order valence-corrected chi connectivity index (χ4v) is 2.47. The molecule has 1 fully saturated rings. The highest BCUT2D eigenvalue weighted by atomic mass is 35.5. The highest BCUT2D eigenvalue weighted by molar-refractivity contribution is 5.85. The first-order chi connectivity index (χ1) is 12.3. The van der Waals surface area contributed by atoms with Gasteiger partial charge >= 0.3 is 0 Å². The predicted molar refractivity (Wildman–Crippen MR) is 101 cm³/mol. The molecule has 0 unspecified atom stereocenters. The zero-order valence-corrected chi connectivity index (χ0v) is 15.1. The van der Waals surface area contributed by atoms with E-state index in [1.54, 1.807) is 6.20 Å². The maximum atomic E-state index is 12.5. The van der Waals surface area contributed by atoms with Crippen molar-refractivity contribution in [2.24, 2.45) is 5.73 Å². The maximum absolute atomic E-state index is 12.5. The summed E-state index contributed by atoms with van der Waals surface area (Å²) >= 11 is 0. The van der Waals surface area contributed by atoms with Gasteiger partial charge in [0, 0.05) is 37.0 Å². The molecule has 0 radical (unpaired) electrons. The largest absolute Gasteiger partial charge is 0.489 e. The second-order valence-corrected chi connectivity index (χ2v) is 5.62. The lowest BCUT2D eigenvalue weighted by Crippen LogP contribution is -2.36. The number of morpholine rings is 1. The quantitative estimate of drug-likeness (QED) is 0.830. The van der Waals surface area contributed by atoms with Gasteiger partial charge in [0.2, 0.25) is 0 Å². The molecule has 1 aromatic carbocycles. The zero-order valence-electron chi connectivity index (χ0n) is 14.3. The SMILES string of the molecule is Cl.NC/C(=C\F)COc1ccc(-c2nccc(N3CCOCC3)n2)cc1. The molecule has 0 amide bonds. The van der Waals surface area contributed by atoms with Crippen molar-refractivity contribution in [2.75, 3.05) is 44.4 Å². The number of benzene rings is 1. The minimum absolute atomic E-state index is 0. The number of hydrogen-bond acceptors (Lipinski definition) is 6. The van der Waals surface area contributed by atoms with E-state index in [-0.39, 0.29) is 25.6 Å². The first-order valence-corrected chi connectivity index (χ1v) is 8.17. The standard InChI is InChI=1S/C18H21FN4O2.ClH/c19-11-14(12-20)13-25-16-3-1-15(2-4-16)18-21-6-5-17(22-18)23-7-9-24-10-8-23;/h1-6,11H,7-10,12-13,20H2;1H/b14-11+;. The van der Waals surface area contributed by atoms with E-state index in [9.17, 15) is 4.39 Å². The van der Waals surface area contributed by atoms with Gasteiger partial charge in [-0.3, -0.25) is 0 Å². The van der Waals surface area contributed by atoms with Crippen LogP contribution in [-0.4, -0.2) is 49.4 Å². The summed E-state index contributed by atoms with van der Waals surface area (Å²) in [5, 5.41) is 0. The normalized spacial score (nSPS) is 14.7. The fourth-order valence-electron chi connectivity index (χ4n) is 2.47. The average molecular weight is 381 g/mol. The molecule has 1 aliphatic rings. The first-order valence-electron chi connectivity index (χ1n) is 8.17. The lowest BCUT2D eigenvalue weighted by atomic mass is 10.2.